The Morgan fingerprint density at radius 1 is 1.00 bits per heavy atom. The van der Waals surface area contributed by atoms with Gasteiger partial charge in [0.25, 0.3) is 0 Å². The monoisotopic (exact) mass is 362 g/mol. The van der Waals surface area contributed by atoms with Crippen LogP contribution in [0.1, 0.15) is 18.1 Å². The minimum Gasteiger partial charge on any atom is -0.508 e. The molecule has 3 N–H and O–H groups in total. The number of carbonyl (C=O) groups is 1. The van der Waals surface area contributed by atoms with Crippen molar-refractivity contribution in [2.75, 3.05) is 10.6 Å². The number of ether oxygens (including phenoxy) is 1. The fraction of sp³-hybridized carbons (Fsp3) is 0.136. The quantitative estimate of drug-likeness (QED) is 0.573. The maximum atomic E-state index is 11.4. The standard InChI is InChI=1S/C22H22N2O3/c1-15-7-12-20(24-16(2)25)17(13-15)14-23-21-5-3-4-6-22(21)27-19-10-8-18(26)9-11-19/h3-13,23,26H,14H2,1-2H3,(H,24,25). The van der Waals surface area contributed by atoms with Gasteiger partial charge >= 0.3 is 0 Å². The molecule has 27 heavy (non-hydrogen) atoms. The van der Waals surface area contributed by atoms with Gasteiger partial charge in [0.2, 0.25) is 5.91 Å². The van der Waals surface area contributed by atoms with Gasteiger partial charge in [0, 0.05) is 19.2 Å². The molecule has 5 nitrogen and oxygen atoms in total. The van der Waals surface area contributed by atoms with Gasteiger partial charge in [-0.15, -0.1) is 0 Å². The van der Waals surface area contributed by atoms with Gasteiger partial charge in [-0.3, -0.25) is 4.79 Å². The van der Waals surface area contributed by atoms with Crippen molar-refractivity contribution in [1.82, 2.24) is 0 Å². The van der Waals surface area contributed by atoms with E-state index in [2.05, 4.69) is 10.6 Å². The van der Waals surface area contributed by atoms with Gasteiger partial charge in [0.15, 0.2) is 5.75 Å². The summed E-state index contributed by atoms with van der Waals surface area (Å²) >= 11 is 0. The van der Waals surface area contributed by atoms with E-state index >= 15 is 0 Å². The molecular weight excluding hydrogens is 340 g/mol. The summed E-state index contributed by atoms with van der Waals surface area (Å²) in [6, 6.07) is 20.1. The topological polar surface area (TPSA) is 70.6 Å². The number of carbonyl (C=O) groups excluding carboxylic acids is 1. The molecule has 1 amide bonds. The number of aryl methyl sites for hydroxylation is 1. The average Bonchev–Trinajstić information content (AvgIpc) is 2.64. The zero-order chi connectivity index (χ0) is 19.2. The van der Waals surface area contributed by atoms with Crippen molar-refractivity contribution in [2.45, 2.75) is 20.4 Å². The number of phenols is 1. The zero-order valence-corrected chi connectivity index (χ0v) is 15.3. The molecule has 0 spiro atoms. The van der Waals surface area contributed by atoms with Crippen LogP contribution < -0.4 is 15.4 Å². The molecule has 0 saturated heterocycles. The molecule has 5 heteroatoms. The summed E-state index contributed by atoms with van der Waals surface area (Å²) in [6.45, 7) is 4.05. The highest BCUT2D eigenvalue weighted by atomic mass is 16.5. The fourth-order valence-corrected chi connectivity index (χ4v) is 2.71. The lowest BCUT2D eigenvalue weighted by atomic mass is 10.1. The van der Waals surface area contributed by atoms with Crippen LogP contribution in [-0.4, -0.2) is 11.0 Å². The molecule has 0 atom stereocenters. The Bertz CT molecular complexity index is 937. The number of hydrogen-bond acceptors (Lipinski definition) is 4. The van der Waals surface area contributed by atoms with E-state index in [0.29, 0.717) is 18.0 Å². The van der Waals surface area contributed by atoms with E-state index in [1.54, 1.807) is 24.3 Å². The molecule has 3 aromatic rings. The molecule has 0 aliphatic rings. The van der Waals surface area contributed by atoms with E-state index < -0.39 is 0 Å². The molecule has 3 rings (SSSR count). The van der Waals surface area contributed by atoms with Crippen LogP contribution in [0.15, 0.2) is 66.7 Å². The first-order valence-corrected chi connectivity index (χ1v) is 8.68. The Hall–Kier alpha value is -3.47. The molecule has 0 aliphatic heterocycles. The van der Waals surface area contributed by atoms with Crippen molar-refractivity contribution in [3.63, 3.8) is 0 Å². The first-order valence-electron chi connectivity index (χ1n) is 8.68. The molecule has 0 saturated carbocycles. The van der Waals surface area contributed by atoms with Crippen molar-refractivity contribution in [3.05, 3.63) is 77.9 Å². The summed E-state index contributed by atoms with van der Waals surface area (Å²) in [4.78, 5) is 11.4. The van der Waals surface area contributed by atoms with Crippen LogP contribution in [0.25, 0.3) is 0 Å². The summed E-state index contributed by atoms with van der Waals surface area (Å²) in [5.41, 5.74) is 3.73. The van der Waals surface area contributed by atoms with Crippen molar-refractivity contribution in [3.8, 4) is 17.2 Å². The number of nitrogens with one attached hydrogen (secondary N) is 2. The third kappa shape index (κ3) is 5.01. The van der Waals surface area contributed by atoms with E-state index in [-0.39, 0.29) is 11.7 Å². The number of hydrogen-bond donors (Lipinski definition) is 3. The van der Waals surface area contributed by atoms with Crippen LogP contribution in [-0.2, 0) is 11.3 Å². The number of rotatable bonds is 6. The highest BCUT2D eigenvalue weighted by molar-refractivity contribution is 5.89. The first-order chi connectivity index (χ1) is 13.0. The van der Waals surface area contributed by atoms with E-state index in [9.17, 15) is 9.90 Å². The van der Waals surface area contributed by atoms with Crippen molar-refractivity contribution in [2.24, 2.45) is 0 Å². The third-order valence-corrected chi connectivity index (χ3v) is 3.99. The lowest BCUT2D eigenvalue weighted by Crippen LogP contribution is -2.10. The number of amides is 1. The lowest BCUT2D eigenvalue weighted by Gasteiger charge is -2.15. The summed E-state index contributed by atoms with van der Waals surface area (Å²) in [5, 5.41) is 15.6. The Morgan fingerprint density at radius 3 is 2.48 bits per heavy atom. The minimum atomic E-state index is -0.101. The summed E-state index contributed by atoms with van der Waals surface area (Å²) in [6.07, 6.45) is 0. The molecule has 0 fully saturated rings. The molecule has 138 valence electrons. The third-order valence-electron chi connectivity index (χ3n) is 3.99. The number of aromatic hydroxyl groups is 1. The molecular formula is C22H22N2O3. The van der Waals surface area contributed by atoms with Crippen LogP contribution in [0.3, 0.4) is 0 Å². The minimum absolute atomic E-state index is 0.101. The molecule has 0 heterocycles. The van der Waals surface area contributed by atoms with Gasteiger partial charge in [-0.2, -0.15) is 0 Å². The Morgan fingerprint density at radius 2 is 1.74 bits per heavy atom. The smallest absolute Gasteiger partial charge is 0.221 e. The van der Waals surface area contributed by atoms with E-state index in [1.807, 2.05) is 49.4 Å². The van der Waals surface area contributed by atoms with Crippen LogP contribution in [0, 0.1) is 6.92 Å². The normalized spacial score (nSPS) is 10.3. The maximum Gasteiger partial charge on any atom is 0.221 e. The highest BCUT2D eigenvalue weighted by Gasteiger charge is 2.08. The molecule has 3 aromatic carbocycles. The van der Waals surface area contributed by atoms with Crippen LogP contribution in [0.2, 0.25) is 0 Å². The van der Waals surface area contributed by atoms with Crippen LogP contribution in [0.4, 0.5) is 11.4 Å². The van der Waals surface area contributed by atoms with Crippen molar-refractivity contribution >= 4 is 17.3 Å². The number of anilines is 2. The molecule has 0 aromatic heterocycles. The predicted octanol–water partition coefficient (Wildman–Crippen LogP) is 5.06. The van der Waals surface area contributed by atoms with Gasteiger partial charge in [-0.1, -0.05) is 29.8 Å². The van der Waals surface area contributed by atoms with Crippen LogP contribution in [0.5, 0.6) is 17.2 Å². The highest BCUT2D eigenvalue weighted by Crippen LogP contribution is 2.31. The van der Waals surface area contributed by atoms with Gasteiger partial charge < -0.3 is 20.5 Å². The Labute approximate surface area is 158 Å². The van der Waals surface area contributed by atoms with Gasteiger partial charge in [0.1, 0.15) is 11.5 Å². The summed E-state index contributed by atoms with van der Waals surface area (Å²) < 4.78 is 5.93. The summed E-state index contributed by atoms with van der Waals surface area (Å²) in [7, 11) is 0. The second-order valence-corrected chi connectivity index (χ2v) is 6.29. The van der Waals surface area contributed by atoms with Crippen molar-refractivity contribution < 1.29 is 14.6 Å². The average molecular weight is 362 g/mol. The summed E-state index contributed by atoms with van der Waals surface area (Å²) in [5.74, 6) is 1.41. The maximum absolute atomic E-state index is 11.4. The Kier molecular flexibility index (Phi) is 5.61. The largest absolute Gasteiger partial charge is 0.508 e. The van der Waals surface area contributed by atoms with E-state index in [4.69, 9.17) is 4.74 Å². The molecule has 0 aliphatic carbocycles. The fourth-order valence-electron chi connectivity index (χ4n) is 2.71. The van der Waals surface area contributed by atoms with Crippen molar-refractivity contribution in [1.29, 1.82) is 0 Å². The van der Waals surface area contributed by atoms with Gasteiger partial charge in [0.05, 0.1) is 5.69 Å². The molecule has 0 unspecified atom stereocenters. The van der Waals surface area contributed by atoms with Gasteiger partial charge in [-0.05, 0) is 55.0 Å². The Balaban J connectivity index is 1.78. The van der Waals surface area contributed by atoms with Gasteiger partial charge in [-0.25, -0.2) is 0 Å². The number of benzene rings is 3. The lowest BCUT2D eigenvalue weighted by molar-refractivity contribution is -0.114. The van der Waals surface area contributed by atoms with E-state index in [1.165, 1.54) is 6.92 Å². The first kappa shape index (κ1) is 18.3. The number of para-hydroxylation sites is 2. The van der Waals surface area contributed by atoms with Crippen LogP contribution >= 0.6 is 0 Å². The molecule has 0 bridgehead atoms. The molecule has 0 radical (unpaired) electrons. The zero-order valence-electron chi connectivity index (χ0n) is 15.3. The second kappa shape index (κ2) is 8.27. The predicted molar refractivity (Wildman–Crippen MR) is 107 cm³/mol. The SMILES string of the molecule is CC(=O)Nc1ccc(C)cc1CNc1ccccc1Oc1ccc(O)cc1. The van der Waals surface area contributed by atoms with E-state index in [0.717, 1.165) is 22.5 Å². The number of phenolic OH excluding ortho intramolecular Hbond substituents is 1. The second-order valence-electron chi connectivity index (χ2n) is 6.29.